The van der Waals surface area contributed by atoms with E-state index in [1.807, 2.05) is 18.2 Å². The zero-order valence-corrected chi connectivity index (χ0v) is 14.8. The fraction of sp³-hybridized carbons (Fsp3) is 0.474. The summed E-state index contributed by atoms with van der Waals surface area (Å²) in [6.07, 6.45) is 2.35. The number of nitrogens with one attached hydrogen (secondary N) is 2. The minimum atomic E-state index is -0.334. The molecule has 0 atom stereocenters. The first-order valence-corrected chi connectivity index (χ1v) is 8.67. The summed E-state index contributed by atoms with van der Waals surface area (Å²) in [5, 5.41) is 15.0. The second kappa shape index (κ2) is 10.5. The van der Waals surface area contributed by atoms with E-state index in [0.717, 1.165) is 39.3 Å². The van der Waals surface area contributed by atoms with Crippen LogP contribution in [0.5, 0.6) is 0 Å². The highest BCUT2D eigenvalue weighted by molar-refractivity contribution is 5.97. The summed E-state index contributed by atoms with van der Waals surface area (Å²) >= 11 is 0. The van der Waals surface area contributed by atoms with Gasteiger partial charge in [-0.25, -0.2) is 0 Å². The quantitative estimate of drug-likeness (QED) is 0.418. The molecule has 1 fully saturated rings. The Kier molecular flexibility index (Phi) is 7.96. The van der Waals surface area contributed by atoms with E-state index in [1.54, 1.807) is 0 Å². The van der Waals surface area contributed by atoms with Gasteiger partial charge >= 0.3 is 0 Å². The lowest BCUT2D eigenvalue weighted by molar-refractivity contribution is -0.117. The van der Waals surface area contributed by atoms with Gasteiger partial charge in [-0.3, -0.25) is 9.69 Å². The molecule has 0 aromatic heterocycles. The van der Waals surface area contributed by atoms with Crippen molar-refractivity contribution in [2.75, 3.05) is 45.9 Å². The smallest absolute Gasteiger partial charge is 0.263 e. The molecule has 1 amide bonds. The van der Waals surface area contributed by atoms with Crippen molar-refractivity contribution in [3.63, 3.8) is 0 Å². The summed E-state index contributed by atoms with van der Waals surface area (Å²) in [5.74, 6) is -0.334. The second-order valence-electron chi connectivity index (χ2n) is 6.01. The normalized spacial score (nSPS) is 15.4. The van der Waals surface area contributed by atoms with Gasteiger partial charge in [-0.15, -0.1) is 0 Å². The molecule has 6 heteroatoms. The number of benzene rings is 1. The molecule has 6 nitrogen and oxygen atoms in total. The molecule has 0 aliphatic carbocycles. The number of ether oxygens (including phenoxy) is 1. The van der Waals surface area contributed by atoms with E-state index >= 15 is 0 Å². The largest absolute Gasteiger partial charge is 0.389 e. The maximum Gasteiger partial charge on any atom is 0.263 e. The third-order valence-electron chi connectivity index (χ3n) is 4.23. The van der Waals surface area contributed by atoms with Crippen LogP contribution < -0.4 is 10.6 Å². The van der Waals surface area contributed by atoms with E-state index in [2.05, 4.69) is 34.6 Å². The lowest BCUT2D eigenvalue weighted by Crippen LogP contribution is -2.41. The molecule has 0 spiro atoms. The average Bonchev–Trinajstić information content (AvgIpc) is 2.64. The van der Waals surface area contributed by atoms with Crippen molar-refractivity contribution in [2.24, 2.45) is 0 Å². The Hall–Kier alpha value is -2.36. The highest BCUT2D eigenvalue weighted by atomic mass is 16.5. The number of carbonyl (C=O) groups is 1. The molecule has 0 radical (unpaired) electrons. The minimum Gasteiger partial charge on any atom is -0.389 e. The van der Waals surface area contributed by atoms with Crippen LogP contribution in [0.25, 0.3) is 0 Å². The number of hydrogen-bond donors (Lipinski definition) is 2. The molecule has 1 aromatic carbocycles. The number of hydrogen-bond acceptors (Lipinski definition) is 5. The van der Waals surface area contributed by atoms with Crippen LogP contribution in [0, 0.1) is 18.3 Å². The van der Waals surface area contributed by atoms with Gasteiger partial charge in [0.2, 0.25) is 0 Å². The summed E-state index contributed by atoms with van der Waals surface area (Å²) in [4.78, 5) is 14.3. The fourth-order valence-corrected chi connectivity index (χ4v) is 2.67. The van der Waals surface area contributed by atoms with Gasteiger partial charge in [-0.05, 0) is 24.5 Å². The Morgan fingerprint density at radius 3 is 2.80 bits per heavy atom. The van der Waals surface area contributed by atoms with E-state index in [4.69, 9.17) is 10.00 Å². The van der Waals surface area contributed by atoms with Crippen molar-refractivity contribution in [1.29, 1.82) is 5.26 Å². The number of morpholine rings is 1. The zero-order valence-electron chi connectivity index (χ0n) is 14.8. The topological polar surface area (TPSA) is 77.4 Å². The van der Waals surface area contributed by atoms with Crippen molar-refractivity contribution in [2.45, 2.75) is 13.3 Å². The zero-order chi connectivity index (χ0) is 17.9. The highest BCUT2D eigenvalue weighted by Crippen LogP contribution is 2.06. The minimum absolute atomic E-state index is 0.103. The number of rotatable bonds is 8. The van der Waals surface area contributed by atoms with Gasteiger partial charge in [-0.2, -0.15) is 5.26 Å². The molecule has 1 heterocycles. The van der Waals surface area contributed by atoms with Gasteiger partial charge in [0.05, 0.1) is 13.2 Å². The van der Waals surface area contributed by atoms with Gasteiger partial charge < -0.3 is 15.4 Å². The summed E-state index contributed by atoms with van der Waals surface area (Å²) in [7, 11) is 0. The molecule has 2 N–H and O–H groups in total. The average molecular weight is 342 g/mol. The van der Waals surface area contributed by atoms with Crippen LogP contribution in [0.2, 0.25) is 0 Å². The molecular formula is C19H26N4O2. The summed E-state index contributed by atoms with van der Waals surface area (Å²) in [6.45, 7) is 7.30. The van der Waals surface area contributed by atoms with E-state index in [0.29, 0.717) is 13.1 Å². The van der Waals surface area contributed by atoms with Crippen LogP contribution in [-0.2, 0) is 16.0 Å². The SMILES string of the molecule is Cc1ccccc1CCN/C=C(/C#N)C(=O)NCCN1CCOCC1. The molecule has 25 heavy (non-hydrogen) atoms. The highest BCUT2D eigenvalue weighted by Gasteiger charge is 2.12. The van der Waals surface area contributed by atoms with Gasteiger partial charge in [0.15, 0.2) is 0 Å². The molecule has 0 saturated carbocycles. The molecule has 2 rings (SSSR count). The first-order valence-electron chi connectivity index (χ1n) is 8.67. The number of nitriles is 1. The van der Waals surface area contributed by atoms with Crippen LogP contribution in [0.3, 0.4) is 0 Å². The van der Waals surface area contributed by atoms with Crippen LogP contribution in [-0.4, -0.2) is 56.7 Å². The van der Waals surface area contributed by atoms with Crippen LogP contribution >= 0.6 is 0 Å². The molecule has 134 valence electrons. The molecule has 1 saturated heterocycles. The first-order chi connectivity index (χ1) is 12.2. The van der Waals surface area contributed by atoms with Gasteiger partial charge in [0, 0.05) is 38.9 Å². The van der Waals surface area contributed by atoms with E-state index < -0.39 is 0 Å². The standard InChI is InChI=1S/C19H26N4O2/c1-16-4-2-3-5-17(16)6-7-21-15-18(14-20)19(24)22-8-9-23-10-12-25-13-11-23/h2-5,15,21H,6-13H2,1H3,(H,22,24)/b18-15-. The van der Waals surface area contributed by atoms with Gasteiger partial charge in [0.25, 0.3) is 5.91 Å². The predicted octanol–water partition coefficient (Wildman–Crippen LogP) is 0.983. The maximum absolute atomic E-state index is 12.0. The fourth-order valence-electron chi connectivity index (χ4n) is 2.67. The molecule has 1 aliphatic rings. The van der Waals surface area contributed by atoms with Crippen LogP contribution in [0.1, 0.15) is 11.1 Å². The number of amides is 1. The lowest BCUT2D eigenvalue weighted by atomic mass is 10.1. The number of nitrogens with zero attached hydrogens (tertiary/aromatic N) is 2. The third-order valence-corrected chi connectivity index (χ3v) is 4.23. The van der Waals surface area contributed by atoms with Crippen LogP contribution in [0.4, 0.5) is 0 Å². The van der Waals surface area contributed by atoms with E-state index in [-0.39, 0.29) is 11.5 Å². The van der Waals surface area contributed by atoms with E-state index in [1.165, 1.54) is 17.3 Å². The maximum atomic E-state index is 12.0. The number of carbonyl (C=O) groups excluding carboxylic acids is 1. The number of aryl methyl sites for hydroxylation is 1. The summed E-state index contributed by atoms with van der Waals surface area (Å²) in [5.41, 5.74) is 2.61. The van der Waals surface area contributed by atoms with Crippen molar-refractivity contribution in [1.82, 2.24) is 15.5 Å². The predicted molar refractivity (Wildman–Crippen MR) is 96.9 cm³/mol. The Morgan fingerprint density at radius 2 is 2.08 bits per heavy atom. The Morgan fingerprint density at radius 1 is 1.32 bits per heavy atom. The molecule has 1 aliphatic heterocycles. The van der Waals surface area contributed by atoms with Crippen LogP contribution in [0.15, 0.2) is 36.0 Å². The van der Waals surface area contributed by atoms with Gasteiger partial charge in [0.1, 0.15) is 11.6 Å². The molecule has 1 aromatic rings. The van der Waals surface area contributed by atoms with E-state index in [9.17, 15) is 4.79 Å². The first kappa shape index (κ1) is 19.0. The molecule has 0 unspecified atom stereocenters. The Balaban J connectivity index is 1.70. The Bertz CT molecular complexity index is 631. The molecule has 0 bridgehead atoms. The van der Waals surface area contributed by atoms with Crippen molar-refractivity contribution in [3.05, 3.63) is 47.2 Å². The summed E-state index contributed by atoms with van der Waals surface area (Å²) in [6, 6.07) is 10.1. The lowest BCUT2D eigenvalue weighted by Gasteiger charge is -2.26. The van der Waals surface area contributed by atoms with Gasteiger partial charge in [-0.1, -0.05) is 24.3 Å². The second-order valence-corrected chi connectivity index (χ2v) is 6.01. The van der Waals surface area contributed by atoms with Crippen molar-refractivity contribution < 1.29 is 9.53 Å². The van der Waals surface area contributed by atoms with Crippen molar-refractivity contribution in [3.8, 4) is 6.07 Å². The van der Waals surface area contributed by atoms with Crippen molar-refractivity contribution >= 4 is 5.91 Å². The Labute approximate surface area is 149 Å². The summed E-state index contributed by atoms with van der Waals surface area (Å²) < 4.78 is 5.29. The third kappa shape index (κ3) is 6.57. The molecular weight excluding hydrogens is 316 g/mol. The monoisotopic (exact) mass is 342 g/mol.